The minimum Gasteiger partial charge on any atom is -0.400 e. The largest absolute Gasteiger partial charge is 0.400 e. The van der Waals surface area contributed by atoms with E-state index in [0.29, 0.717) is 29.1 Å². The summed E-state index contributed by atoms with van der Waals surface area (Å²) in [6, 6.07) is 0. The van der Waals surface area contributed by atoms with Crippen LogP contribution >= 0.6 is 0 Å². The highest BCUT2D eigenvalue weighted by atomic mass is 17.1. The minimum absolute atomic E-state index is 0.0505. The number of fused-ring (bicyclic) bond motifs is 5. The average molecular weight is 485 g/mol. The molecule has 0 amide bonds. The van der Waals surface area contributed by atoms with Crippen molar-refractivity contribution < 1.29 is 20.0 Å². The number of aliphatic hydroxyl groups is 1. The van der Waals surface area contributed by atoms with Crippen LogP contribution in [-0.4, -0.2) is 29.9 Å². The molecule has 0 heterocycles. The molecule has 2 N–H and O–H groups in total. The van der Waals surface area contributed by atoms with E-state index in [1.54, 1.807) is 0 Å². The molecule has 0 bridgehead atoms. The Kier molecular flexibility index (Phi) is 16.9. The van der Waals surface area contributed by atoms with E-state index in [-0.39, 0.29) is 6.10 Å². The molecular formula is C30H60O4. The molecule has 0 saturated heterocycles. The van der Waals surface area contributed by atoms with E-state index in [2.05, 4.69) is 13.8 Å². The van der Waals surface area contributed by atoms with Crippen LogP contribution in [0, 0.1) is 40.4 Å². The predicted octanol–water partition coefficient (Wildman–Crippen LogP) is 8.56. The average Bonchev–Trinajstić information content (AvgIpc) is 3.24. The van der Waals surface area contributed by atoms with Crippen molar-refractivity contribution in [1.82, 2.24) is 0 Å². The first-order valence-corrected chi connectivity index (χ1v) is 14.7. The van der Waals surface area contributed by atoms with Gasteiger partial charge < -0.3 is 9.90 Å². The molecule has 0 radical (unpaired) electrons. The smallest absolute Gasteiger partial charge is 0.119 e. The van der Waals surface area contributed by atoms with Crippen molar-refractivity contribution in [3.63, 3.8) is 0 Å². The molecule has 0 spiro atoms. The molecule has 4 saturated carbocycles. The Hall–Kier alpha value is -0.450. The molecule has 4 fully saturated rings. The van der Waals surface area contributed by atoms with Crippen molar-refractivity contribution in [3.05, 3.63) is 0 Å². The zero-order chi connectivity index (χ0) is 26.4. The Bertz CT molecular complexity index is 524. The van der Waals surface area contributed by atoms with Gasteiger partial charge in [0.25, 0.3) is 0 Å². The van der Waals surface area contributed by atoms with E-state index in [4.69, 9.17) is 9.99 Å². The van der Waals surface area contributed by atoms with Crippen LogP contribution in [0.4, 0.5) is 0 Å². The Labute approximate surface area is 212 Å². The third kappa shape index (κ3) is 6.85. The zero-order valence-corrected chi connectivity index (χ0v) is 24.2. The van der Waals surface area contributed by atoms with Crippen LogP contribution in [-0.2, 0) is 9.68 Å². The van der Waals surface area contributed by atoms with E-state index in [0.717, 1.165) is 44.0 Å². The van der Waals surface area contributed by atoms with Crippen LogP contribution in [0.5, 0.6) is 0 Å². The molecule has 4 heteroatoms. The highest BCUT2D eigenvalue weighted by Gasteiger charge is 2.62. The van der Waals surface area contributed by atoms with Gasteiger partial charge in [0.15, 0.2) is 0 Å². The van der Waals surface area contributed by atoms with Gasteiger partial charge >= 0.3 is 0 Å². The lowest BCUT2D eigenvalue weighted by atomic mass is 9.44. The Morgan fingerprint density at radius 1 is 0.853 bits per heavy atom. The van der Waals surface area contributed by atoms with Crippen LogP contribution in [0.1, 0.15) is 132 Å². The molecule has 34 heavy (non-hydrogen) atoms. The number of carbonyl (C=O) groups excluding carboxylic acids is 1. The van der Waals surface area contributed by atoms with Gasteiger partial charge in [-0.05, 0) is 98.2 Å². The molecule has 8 unspecified atom stereocenters. The first-order valence-electron chi connectivity index (χ1n) is 14.7. The van der Waals surface area contributed by atoms with E-state index in [1.807, 2.05) is 41.5 Å². The van der Waals surface area contributed by atoms with Crippen molar-refractivity contribution in [2.24, 2.45) is 40.4 Å². The maximum atomic E-state index is 10.7. The fourth-order valence-corrected chi connectivity index (χ4v) is 8.37. The van der Waals surface area contributed by atoms with Crippen LogP contribution in [0.15, 0.2) is 0 Å². The maximum Gasteiger partial charge on any atom is 0.119 e. The number of carbonyl (C=O) groups is 1. The summed E-state index contributed by atoms with van der Waals surface area (Å²) in [5.41, 5.74) is 0.855. The van der Waals surface area contributed by atoms with E-state index >= 15 is 0 Å². The molecule has 4 rings (SSSR count). The normalized spacial score (nSPS) is 39.4. The number of rotatable bonds is 5. The molecule has 0 aromatic carbocycles. The Balaban J connectivity index is 0.00000124. The third-order valence-electron chi connectivity index (χ3n) is 9.78. The van der Waals surface area contributed by atoms with Crippen molar-refractivity contribution in [3.8, 4) is 0 Å². The van der Waals surface area contributed by atoms with Crippen molar-refractivity contribution in [2.45, 2.75) is 139 Å². The zero-order valence-electron chi connectivity index (χ0n) is 24.2. The first kappa shape index (κ1) is 33.5. The Morgan fingerprint density at radius 3 is 2.06 bits per heavy atom. The fourth-order valence-electron chi connectivity index (χ4n) is 8.37. The Morgan fingerprint density at radius 2 is 1.47 bits per heavy atom. The third-order valence-corrected chi connectivity index (χ3v) is 9.78. The molecule has 8 atom stereocenters. The molecule has 4 aliphatic rings. The minimum atomic E-state index is 0.0505. The van der Waals surface area contributed by atoms with Gasteiger partial charge in [0.1, 0.15) is 6.29 Å². The molecular weight excluding hydrogens is 424 g/mol. The van der Waals surface area contributed by atoms with E-state index in [1.165, 1.54) is 57.8 Å². The van der Waals surface area contributed by atoms with Gasteiger partial charge in [-0.2, -0.15) is 0 Å². The standard InChI is InChI=1S/C23H38O3.3C2H6.CH4O/c1-22-12-5-3-8-17(22)15-20(26-25)21-18-10-9-16(7-4-6-14-24)23(18,2)13-11-19(21)22;4*1-2/h14,16-21,25H,3-13,15H2,1-2H3;3*1-2H3;2H,1H3. The summed E-state index contributed by atoms with van der Waals surface area (Å²) in [7, 11) is 1.00. The lowest BCUT2D eigenvalue weighted by Crippen LogP contribution is -2.58. The number of aliphatic hydroxyl groups excluding tert-OH is 1. The summed E-state index contributed by atoms with van der Waals surface area (Å²) in [6.07, 6.45) is 15.9. The summed E-state index contributed by atoms with van der Waals surface area (Å²) < 4.78 is 0. The van der Waals surface area contributed by atoms with Crippen LogP contribution in [0.2, 0.25) is 0 Å². The van der Waals surface area contributed by atoms with E-state index < -0.39 is 0 Å². The summed E-state index contributed by atoms with van der Waals surface area (Å²) >= 11 is 0. The maximum absolute atomic E-state index is 10.7. The van der Waals surface area contributed by atoms with Gasteiger partial charge in [-0.15, -0.1) is 0 Å². The highest BCUT2D eigenvalue weighted by Crippen LogP contribution is 2.68. The number of aldehydes is 1. The quantitative estimate of drug-likeness (QED) is 0.177. The second-order valence-corrected chi connectivity index (χ2v) is 10.5. The van der Waals surface area contributed by atoms with Gasteiger partial charge in [-0.1, -0.05) is 68.2 Å². The van der Waals surface area contributed by atoms with Crippen molar-refractivity contribution in [1.29, 1.82) is 0 Å². The predicted molar refractivity (Wildman–Crippen MR) is 145 cm³/mol. The van der Waals surface area contributed by atoms with Gasteiger partial charge in [-0.25, -0.2) is 4.89 Å². The first-order chi connectivity index (χ1) is 16.5. The molecule has 0 aromatic rings. The number of unbranched alkanes of at least 4 members (excludes halogenated alkanes) is 1. The summed E-state index contributed by atoms with van der Waals surface area (Å²) in [4.78, 5) is 15.9. The van der Waals surface area contributed by atoms with Gasteiger partial charge in [-0.3, -0.25) is 5.26 Å². The van der Waals surface area contributed by atoms with Gasteiger partial charge in [0.05, 0.1) is 6.10 Å². The van der Waals surface area contributed by atoms with Gasteiger partial charge in [0.2, 0.25) is 0 Å². The van der Waals surface area contributed by atoms with E-state index in [9.17, 15) is 10.1 Å². The monoisotopic (exact) mass is 484 g/mol. The second kappa shape index (κ2) is 17.1. The lowest BCUT2D eigenvalue weighted by Gasteiger charge is -2.62. The second-order valence-electron chi connectivity index (χ2n) is 10.5. The molecule has 0 aliphatic heterocycles. The van der Waals surface area contributed by atoms with Crippen molar-refractivity contribution >= 4 is 6.29 Å². The number of hydrogen-bond donors (Lipinski definition) is 2. The van der Waals surface area contributed by atoms with Crippen LogP contribution in [0.3, 0.4) is 0 Å². The summed E-state index contributed by atoms with van der Waals surface area (Å²) in [5.74, 6) is 3.45. The molecule has 4 nitrogen and oxygen atoms in total. The van der Waals surface area contributed by atoms with Crippen LogP contribution in [0.25, 0.3) is 0 Å². The summed E-state index contributed by atoms with van der Waals surface area (Å²) in [5, 5.41) is 16.8. The molecule has 204 valence electrons. The lowest BCUT2D eigenvalue weighted by molar-refractivity contribution is -0.325. The summed E-state index contributed by atoms with van der Waals surface area (Å²) in [6.45, 7) is 17.1. The highest BCUT2D eigenvalue weighted by molar-refractivity contribution is 5.48. The number of hydrogen-bond acceptors (Lipinski definition) is 4. The van der Waals surface area contributed by atoms with Crippen LogP contribution < -0.4 is 0 Å². The molecule has 4 aliphatic carbocycles. The fraction of sp³-hybridized carbons (Fsp3) is 0.967. The van der Waals surface area contributed by atoms with Crippen molar-refractivity contribution in [2.75, 3.05) is 7.11 Å². The molecule has 0 aromatic heterocycles. The van der Waals surface area contributed by atoms with Gasteiger partial charge in [0, 0.05) is 13.5 Å². The topological polar surface area (TPSA) is 66.8 Å². The SMILES string of the molecule is CC.CC.CC.CC12CCC3C(C(OO)CC4CCCCC43C)C1CCC2CCCC=O.CO.